The highest BCUT2D eigenvalue weighted by Gasteiger charge is 2.20. The summed E-state index contributed by atoms with van der Waals surface area (Å²) in [6, 6.07) is 13.3. The molecule has 0 fully saturated rings. The van der Waals surface area contributed by atoms with E-state index in [0.29, 0.717) is 11.1 Å². The molecule has 2 aromatic carbocycles. The van der Waals surface area contributed by atoms with Gasteiger partial charge in [-0.3, -0.25) is 9.59 Å². The molecule has 8 heteroatoms. The van der Waals surface area contributed by atoms with Gasteiger partial charge in [0.15, 0.2) is 0 Å². The first-order valence-electron chi connectivity index (χ1n) is 9.61. The molecule has 0 saturated heterocycles. The zero-order chi connectivity index (χ0) is 21.6. The quantitative estimate of drug-likeness (QED) is 0.510. The molecule has 0 heterocycles. The molecule has 0 aliphatic carbocycles. The molecule has 1 atom stereocenters. The first kappa shape index (κ1) is 24.3. The molecule has 0 aliphatic heterocycles. The van der Waals surface area contributed by atoms with E-state index in [2.05, 4.69) is 24.5 Å². The van der Waals surface area contributed by atoms with Gasteiger partial charge < -0.3 is 20.7 Å². The van der Waals surface area contributed by atoms with Gasteiger partial charge >= 0.3 is 7.12 Å². The zero-order valence-electron chi connectivity index (χ0n) is 16.8. The third-order valence-electron chi connectivity index (χ3n) is 3.96. The summed E-state index contributed by atoms with van der Waals surface area (Å²) >= 11 is 0. The van der Waals surface area contributed by atoms with Crippen molar-refractivity contribution in [2.24, 2.45) is 0 Å². The molecule has 0 bridgehead atoms. The van der Waals surface area contributed by atoms with Crippen molar-refractivity contribution in [3.8, 4) is 0 Å². The van der Waals surface area contributed by atoms with Crippen LogP contribution in [0.1, 0.15) is 55.1 Å². The van der Waals surface area contributed by atoms with E-state index in [0.717, 1.165) is 0 Å². The van der Waals surface area contributed by atoms with Crippen molar-refractivity contribution in [3.63, 3.8) is 0 Å². The predicted octanol–water partition coefficient (Wildman–Crippen LogP) is 2.62. The topological polar surface area (TPSA) is 98.7 Å². The number of rotatable bonds is 8. The number of amides is 2. The van der Waals surface area contributed by atoms with Crippen LogP contribution in [-0.4, -0.2) is 35.4 Å². The molecule has 0 aromatic heterocycles. The molecule has 4 N–H and O–H groups in total. The van der Waals surface area contributed by atoms with E-state index in [4.69, 9.17) is 10.0 Å². The minimum absolute atomic E-state index is 0.172. The third kappa shape index (κ3) is 9.87. The molecule has 0 radical (unpaired) electrons. The monoisotopic (exact) mass is 402 g/mol. The average Bonchev–Trinajstić information content (AvgIpc) is 2.72. The SMILES string of the molecule is CCCC.O=C(CC(NC(=O)c1ccccc1)c1cccc(F)c1)NCB(O)O. The van der Waals surface area contributed by atoms with Crippen molar-refractivity contribution in [2.45, 2.75) is 39.2 Å². The van der Waals surface area contributed by atoms with Crippen LogP contribution in [0.4, 0.5) is 4.39 Å². The lowest BCUT2D eigenvalue weighted by Crippen LogP contribution is -2.38. The van der Waals surface area contributed by atoms with Crippen molar-refractivity contribution in [1.29, 1.82) is 0 Å². The highest BCUT2D eigenvalue weighted by Crippen LogP contribution is 2.19. The van der Waals surface area contributed by atoms with Crippen LogP contribution >= 0.6 is 0 Å². The molecule has 29 heavy (non-hydrogen) atoms. The molecule has 0 aliphatic rings. The summed E-state index contributed by atoms with van der Waals surface area (Å²) in [5.41, 5.74) is 0.846. The second kappa shape index (κ2) is 13.5. The van der Waals surface area contributed by atoms with Crippen LogP contribution < -0.4 is 10.6 Å². The maximum absolute atomic E-state index is 13.5. The fraction of sp³-hybridized carbons (Fsp3) is 0.333. The second-order valence-electron chi connectivity index (χ2n) is 6.44. The van der Waals surface area contributed by atoms with E-state index >= 15 is 0 Å². The standard InChI is InChI=1S/C17H18BFN2O4.C4H10/c19-14-8-4-7-13(9-14)15(10-16(22)20-11-18(24)25)21-17(23)12-5-2-1-3-6-12;1-3-4-2/h1-9,15,24-25H,10-11H2,(H,20,22)(H,21,23);3-4H2,1-2H3. The summed E-state index contributed by atoms with van der Waals surface area (Å²) in [5.74, 6) is -1.39. The Morgan fingerprint density at radius 2 is 1.69 bits per heavy atom. The molecular weight excluding hydrogens is 374 g/mol. The van der Waals surface area contributed by atoms with Gasteiger partial charge in [-0.2, -0.15) is 0 Å². The zero-order valence-corrected chi connectivity index (χ0v) is 16.8. The Hall–Kier alpha value is -2.71. The molecule has 2 rings (SSSR count). The Morgan fingerprint density at radius 3 is 2.24 bits per heavy atom. The van der Waals surface area contributed by atoms with E-state index < -0.39 is 30.8 Å². The smallest absolute Gasteiger partial charge is 0.426 e. The normalized spacial score (nSPS) is 10.9. The average molecular weight is 402 g/mol. The summed E-state index contributed by atoms with van der Waals surface area (Å²) < 4.78 is 13.5. The van der Waals surface area contributed by atoms with Gasteiger partial charge in [0, 0.05) is 5.56 Å². The summed E-state index contributed by atoms with van der Waals surface area (Å²) in [7, 11) is -1.67. The number of benzene rings is 2. The molecule has 0 saturated carbocycles. The first-order chi connectivity index (χ1) is 13.9. The lowest BCUT2D eigenvalue weighted by molar-refractivity contribution is -0.121. The summed E-state index contributed by atoms with van der Waals surface area (Å²) in [5, 5.41) is 22.6. The molecule has 0 spiro atoms. The summed E-state index contributed by atoms with van der Waals surface area (Å²) in [4.78, 5) is 24.3. The lowest BCUT2D eigenvalue weighted by Gasteiger charge is -2.19. The number of carbonyl (C=O) groups excluding carboxylic acids is 2. The van der Waals surface area contributed by atoms with Crippen molar-refractivity contribution in [1.82, 2.24) is 10.6 Å². The van der Waals surface area contributed by atoms with Crippen molar-refractivity contribution in [2.75, 3.05) is 6.44 Å². The van der Waals surface area contributed by atoms with Gasteiger partial charge in [-0.15, -0.1) is 0 Å². The summed E-state index contributed by atoms with van der Waals surface area (Å²) in [6.07, 6.45) is 2.14. The Balaban J connectivity index is 0.000000960. The minimum Gasteiger partial charge on any atom is -0.426 e. The van der Waals surface area contributed by atoms with Gasteiger partial charge in [-0.25, -0.2) is 4.39 Å². The summed E-state index contributed by atoms with van der Waals surface area (Å²) in [6.45, 7) is 4.36. The van der Waals surface area contributed by atoms with Gasteiger partial charge in [0.2, 0.25) is 5.91 Å². The molecule has 156 valence electrons. The van der Waals surface area contributed by atoms with Gasteiger partial charge in [-0.1, -0.05) is 57.0 Å². The first-order valence-corrected chi connectivity index (χ1v) is 9.61. The molecule has 2 amide bonds. The Morgan fingerprint density at radius 1 is 1.03 bits per heavy atom. The predicted molar refractivity (Wildman–Crippen MR) is 111 cm³/mol. The van der Waals surface area contributed by atoms with Crippen LogP contribution in [0.3, 0.4) is 0 Å². The molecule has 6 nitrogen and oxygen atoms in total. The largest absolute Gasteiger partial charge is 0.472 e. The third-order valence-corrected chi connectivity index (χ3v) is 3.96. The van der Waals surface area contributed by atoms with Crippen LogP contribution in [0.25, 0.3) is 0 Å². The Bertz CT molecular complexity index is 757. The maximum Gasteiger partial charge on any atom is 0.472 e. The Labute approximate surface area is 171 Å². The van der Waals surface area contributed by atoms with Crippen LogP contribution in [0.5, 0.6) is 0 Å². The number of nitrogens with one attached hydrogen (secondary N) is 2. The maximum atomic E-state index is 13.5. The second-order valence-corrected chi connectivity index (χ2v) is 6.44. The number of unbranched alkanes of at least 4 members (excludes halogenated alkanes) is 1. The van der Waals surface area contributed by atoms with Crippen molar-refractivity contribution >= 4 is 18.9 Å². The lowest BCUT2D eigenvalue weighted by atomic mass is 9.92. The fourth-order valence-electron chi connectivity index (χ4n) is 2.27. The number of hydrogen-bond donors (Lipinski definition) is 4. The number of hydrogen-bond acceptors (Lipinski definition) is 4. The molecule has 1 unspecified atom stereocenters. The highest BCUT2D eigenvalue weighted by molar-refractivity contribution is 6.41. The van der Waals surface area contributed by atoms with Crippen LogP contribution in [0.15, 0.2) is 54.6 Å². The molecular formula is C21H28BFN2O4. The Kier molecular flexibility index (Phi) is 11.3. The van der Waals surface area contributed by atoms with E-state index in [9.17, 15) is 14.0 Å². The van der Waals surface area contributed by atoms with Crippen LogP contribution in [0, 0.1) is 5.82 Å². The van der Waals surface area contributed by atoms with Gasteiger partial charge in [0.1, 0.15) is 5.82 Å². The van der Waals surface area contributed by atoms with E-state index in [1.807, 2.05) is 0 Å². The van der Waals surface area contributed by atoms with Gasteiger partial charge in [-0.05, 0) is 29.8 Å². The van der Waals surface area contributed by atoms with Gasteiger partial charge in [0.05, 0.1) is 18.9 Å². The number of carbonyl (C=O) groups is 2. The fourth-order valence-corrected chi connectivity index (χ4v) is 2.27. The number of halogens is 1. The van der Waals surface area contributed by atoms with Crippen molar-refractivity contribution in [3.05, 3.63) is 71.5 Å². The van der Waals surface area contributed by atoms with Gasteiger partial charge in [0.25, 0.3) is 5.91 Å². The highest BCUT2D eigenvalue weighted by atomic mass is 19.1. The van der Waals surface area contributed by atoms with E-state index in [1.165, 1.54) is 31.0 Å². The van der Waals surface area contributed by atoms with Crippen LogP contribution in [0.2, 0.25) is 0 Å². The van der Waals surface area contributed by atoms with Crippen LogP contribution in [-0.2, 0) is 4.79 Å². The minimum atomic E-state index is -1.67. The molecule has 2 aromatic rings. The van der Waals surface area contributed by atoms with Crippen molar-refractivity contribution < 1.29 is 24.0 Å². The van der Waals surface area contributed by atoms with E-state index in [-0.39, 0.29) is 12.9 Å². The van der Waals surface area contributed by atoms with E-state index in [1.54, 1.807) is 36.4 Å².